The molecule has 0 aliphatic carbocycles. The minimum Gasteiger partial charge on any atom is -0.309 e. The van der Waals surface area contributed by atoms with Gasteiger partial charge in [0.15, 0.2) is 0 Å². The second kappa shape index (κ2) is 11.8. The van der Waals surface area contributed by atoms with E-state index in [1.807, 2.05) is 30.3 Å². The van der Waals surface area contributed by atoms with Gasteiger partial charge < -0.3 is 13.7 Å². The van der Waals surface area contributed by atoms with Gasteiger partial charge in [0.2, 0.25) is 0 Å². The fourth-order valence-corrected chi connectivity index (χ4v) is 8.75. The van der Waals surface area contributed by atoms with Gasteiger partial charge in [0.05, 0.1) is 56.0 Å². The van der Waals surface area contributed by atoms with E-state index >= 15 is 0 Å². The molecule has 0 aliphatic rings. The van der Waals surface area contributed by atoms with E-state index < -0.39 is 0 Å². The molecule has 0 bridgehead atoms. The average molecular weight is 700 g/mol. The van der Waals surface area contributed by atoms with Gasteiger partial charge in [-0.1, -0.05) is 97.1 Å². The number of benzene rings is 8. The molecule has 0 amide bonds. The molecular weight excluding hydrogens is 671 g/mol. The van der Waals surface area contributed by atoms with Crippen molar-refractivity contribution in [2.75, 3.05) is 0 Å². The van der Waals surface area contributed by atoms with Crippen LogP contribution < -0.4 is 0 Å². The van der Waals surface area contributed by atoms with E-state index in [9.17, 15) is 10.5 Å². The van der Waals surface area contributed by atoms with E-state index in [2.05, 4.69) is 171 Å². The van der Waals surface area contributed by atoms with E-state index in [0.29, 0.717) is 11.1 Å². The lowest BCUT2D eigenvalue weighted by molar-refractivity contribution is 1.16. The molecule has 0 atom stereocenters. The van der Waals surface area contributed by atoms with Gasteiger partial charge in [-0.3, -0.25) is 0 Å². The second-order valence-corrected chi connectivity index (χ2v) is 14.0. The lowest BCUT2D eigenvalue weighted by Crippen LogP contribution is -1.99. The van der Waals surface area contributed by atoms with Gasteiger partial charge in [-0.2, -0.15) is 10.5 Å². The zero-order chi connectivity index (χ0) is 36.6. The number of para-hydroxylation sites is 4. The number of nitriles is 2. The van der Waals surface area contributed by atoms with Crippen LogP contribution in [0.4, 0.5) is 0 Å². The van der Waals surface area contributed by atoms with Crippen LogP contribution in [0.1, 0.15) is 11.1 Å². The molecule has 5 nitrogen and oxygen atoms in total. The zero-order valence-corrected chi connectivity index (χ0v) is 29.5. The Morgan fingerprint density at radius 3 is 1.47 bits per heavy atom. The van der Waals surface area contributed by atoms with Crippen LogP contribution in [0.2, 0.25) is 0 Å². The summed E-state index contributed by atoms with van der Waals surface area (Å²) in [4.78, 5) is 0. The largest absolute Gasteiger partial charge is 0.309 e. The summed E-state index contributed by atoms with van der Waals surface area (Å²) in [6.07, 6.45) is 0. The van der Waals surface area contributed by atoms with Crippen molar-refractivity contribution in [2.24, 2.45) is 0 Å². The van der Waals surface area contributed by atoms with Crippen LogP contribution >= 0.6 is 0 Å². The van der Waals surface area contributed by atoms with Crippen molar-refractivity contribution < 1.29 is 0 Å². The molecule has 0 saturated carbocycles. The third kappa shape index (κ3) is 4.45. The first-order valence-corrected chi connectivity index (χ1v) is 18.3. The Kier molecular flexibility index (Phi) is 6.61. The van der Waals surface area contributed by atoms with Crippen molar-refractivity contribution in [1.29, 1.82) is 10.5 Å². The van der Waals surface area contributed by atoms with Gasteiger partial charge in [-0.25, -0.2) is 0 Å². The summed E-state index contributed by atoms with van der Waals surface area (Å²) in [7, 11) is 0. The molecule has 3 aromatic heterocycles. The van der Waals surface area contributed by atoms with E-state index in [4.69, 9.17) is 0 Å². The molecule has 254 valence electrons. The summed E-state index contributed by atoms with van der Waals surface area (Å²) < 4.78 is 6.79. The van der Waals surface area contributed by atoms with E-state index in [0.717, 1.165) is 71.8 Å². The normalized spacial score (nSPS) is 11.6. The first-order chi connectivity index (χ1) is 27.2. The minimum absolute atomic E-state index is 0.599. The Bertz CT molecular complexity index is 3400. The van der Waals surface area contributed by atoms with Crippen LogP contribution in [0.15, 0.2) is 176 Å². The second-order valence-electron chi connectivity index (χ2n) is 14.0. The van der Waals surface area contributed by atoms with Crippen LogP contribution in [0.3, 0.4) is 0 Å². The molecule has 0 unspecified atom stereocenters. The predicted molar refractivity (Wildman–Crippen MR) is 224 cm³/mol. The first-order valence-electron chi connectivity index (χ1n) is 18.3. The van der Waals surface area contributed by atoms with Gasteiger partial charge in [-0.05, 0) is 90.0 Å². The molecule has 11 aromatic rings. The Labute approximate surface area is 316 Å². The average Bonchev–Trinajstić information content (AvgIpc) is 3.89. The van der Waals surface area contributed by atoms with Crippen LogP contribution in [0, 0.1) is 22.7 Å². The minimum atomic E-state index is 0.599. The van der Waals surface area contributed by atoms with Gasteiger partial charge in [0, 0.05) is 43.7 Å². The molecule has 0 radical (unpaired) electrons. The Balaban J connectivity index is 1.03. The summed E-state index contributed by atoms with van der Waals surface area (Å²) in [5, 5.41) is 27.3. The highest BCUT2D eigenvalue weighted by Crippen LogP contribution is 2.39. The maximum atomic E-state index is 10.6. The third-order valence-corrected chi connectivity index (χ3v) is 11.1. The number of nitrogens with zero attached hydrogens (tertiary/aromatic N) is 5. The highest BCUT2D eigenvalue weighted by Gasteiger charge is 2.19. The van der Waals surface area contributed by atoms with Crippen molar-refractivity contribution in [3.05, 3.63) is 187 Å². The summed E-state index contributed by atoms with van der Waals surface area (Å²) >= 11 is 0. The molecule has 0 spiro atoms. The lowest BCUT2D eigenvalue weighted by Gasteiger charge is -2.13. The van der Waals surface area contributed by atoms with Crippen molar-refractivity contribution in [2.45, 2.75) is 0 Å². The topological polar surface area (TPSA) is 62.4 Å². The lowest BCUT2D eigenvalue weighted by atomic mass is 10.0. The molecular formula is C50H29N5. The summed E-state index contributed by atoms with van der Waals surface area (Å²) in [5.41, 5.74) is 12.7. The molecule has 8 aromatic carbocycles. The predicted octanol–water partition coefficient (Wildman–Crippen LogP) is 12.4. The van der Waals surface area contributed by atoms with E-state index in [-0.39, 0.29) is 0 Å². The highest BCUT2D eigenvalue weighted by molar-refractivity contribution is 6.13. The number of hydrogen-bond acceptors (Lipinski definition) is 2. The van der Waals surface area contributed by atoms with E-state index in [1.54, 1.807) is 0 Å². The number of fused-ring (bicyclic) bond motifs is 9. The summed E-state index contributed by atoms with van der Waals surface area (Å²) in [6.45, 7) is 0. The molecule has 3 heterocycles. The van der Waals surface area contributed by atoms with Gasteiger partial charge in [-0.15, -0.1) is 0 Å². The van der Waals surface area contributed by atoms with Crippen molar-refractivity contribution in [1.82, 2.24) is 13.7 Å². The molecule has 0 aliphatic heterocycles. The quantitative estimate of drug-likeness (QED) is 0.184. The molecule has 11 rings (SSSR count). The fraction of sp³-hybridized carbons (Fsp3) is 0. The van der Waals surface area contributed by atoms with Gasteiger partial charge in [0.1, 0.15) is 6.07 Å². The summed E-state index contributed by atoms with van der Waals surface area (Å²) in [5.74, 6) is 0. The molecule has 0 saturated heterocycles. The zero-order valence-electron chi connectivity index (χ0n) is 29.5. The fourth-order valence-electron chi connectivity index (χ4n) is 8.75. The summed E-state index contributed by atoms with van der Waals surface area (Å²) in [6, 6.07) is 65.9. The Morgan fingerprint density at radius 1 is 0.327 bits per heavy atom. The molecule has 5 heteroatoms. The monoisotopic (exact) mass is 699 g/mol. The van der Waals surface area contributed by atoms with Crippen LogP contribution in [-0.2, 0) is 0 Å². The smallest absolute Gasteiger partial charge is 0.101 e. The molecule has 55 heavy (non-hydrogen) atoms. The van der Waals surface area contributed by atoms with Gasteiger partial charge >= 0.3 is 0 Å². The highest BCUT2D eigenvalue weighted by atomic mass is 15.0. The van der Waals surface area contributed by atoms with Crippen LogP contribution in [0.5, 0.6) is 0 Å². The molecule has 0 N–H and O–H groups in total. The van der Waals surface area contributed by atoms with E-state index in [1.165, 1.54) is 21.8 Å². The Hall–Kier alpha value is -7.86. The molecule has 0 fully saturated rings. The van der Waals surface area contributed by atoms with Crippen LogP contribution in [0.25, 0.3) is 93.6 Å². The van der Waals surface area contributed by atoms with Crippen molar-refractivity contribution >= 4 is 65.4 Å². The van der Waals surface area contributed by atoms with Gasteiger partial charge in [0.25, 0.3) is 0 Å². The van der Waals surface area contributed by atoms with Crippen molar-refractivity contribution in [3.63, 3.8) is 0 Å². The van der Waals surface area contributed by atoms with Crippen molar-refractivity contribution in [3.8, 4) is 40.3 Å². The number of aromatic nitrogens is 3. The maximum Gasteiger partial charge on any atom is 0.101 e. The maximum absolute atomic E-state index is 10.6. The van der Waals surface area contributed by atoms with Crippen LogP contribution in [-0.4, -0.2) is 13.7 Å². The number of rotatable bonds is 4. The Morgan fingerprint density at radius 2 is 0.818 bits per heavy atom. The standard InChI is InChI=1S/C50H29N5/c51-30-34-10-9-19-49-50(34)41-14-4-8-18-47(41)53(49)36-23-20-32(21-24-36)33-22-26-43(35(28-33)31-52)55-46-17-7-3-13-40(46)42-29-37(25-27-48(42)55)54-44-15-5-1-11-38(44)39-12-2-6-16-45(39)54/h1-29H. The first kappa shape index (κ1) is 30.7. The third-order valence-electron chi connectivity index (χ3n) is 11.1. The number of hydrogen-bond donors (Lipinski definition) is 0. The SMILES string of the molecule is N#Cc1cc(-c2ccc(-n3c4ccccc4c4c(C#N)cccc43)cc2)ccc1-n1c2ccccc2c2cc(-n3c4ccccc4c4ccccc43)ccc21.